The van der Waals surface area contributed by atoms with Gasteiger partial charge in [-0.1, -0.05) is 42.5 Å². The lowest BCUT2D eigenvalue weighted by atomic mass is 10.1. The number of ether oxygens (including phenoxy) is 1. The number of carbonyl (C=O) groups is 3. The molecule has 0 radical (unpaired) electrons. The molecule has 0 fully saturated rings. The molecule has 1 aliphatic rings. The van der Waals surface area contributed by atoms with Gasteiger partial charge in [0.1, 0.15) is 12.2 Å². The summed E-state index contributed by atoms with van der Waals surface area (Å²) < 4.78 is 5.26. The normalized spacial score (nSPS) is 13.1. The highest BCUT2D eigenvalue weighted by atomic mass is 16.5. The molecule has 3 amide bonds. The lowest BCUT2D eigenvalue weighted by molar-refractivity contribution is -0.124. The molecule has 7 heteroatoms. The number of anilines is 4. The van der Waals surface area contributed by atoms with Crippen molar-refractivity contribution in [2.75, 3.05) is 22.6 Å². The van der Waals surface area contributed by atoms with Crippen LogP contribution < -0.4 is 20.3 Å². The van der Waals surface area contributed by atoms with Crippen LogP contribution in [0, 0.1) is 0 Å². The maximum Gasteiger partial charge on any atom is 0.259 e. The molecule has 4 aromatic rings. The SMILES string of the molecule is COc1ccccc1C(=O)Nc1ccc(N2C(=O)CC(=O)Nc3c2ccc2ccccc32)cc1. The number of hydrogen-bond acceptors (Lipinski definition) is 4. The summed E-state index contributed by atoms with van der Waals surface area (Å²) in [6, 6.07) is 25.3. The molecule has 4 aromatic carbocycles. The first-order chi connectivity index (χ1) is 16.5. The topological polar surface area (TPSA) is 87.7 Å². The monoisotopic (exact) mass is 451 g/mol. The molecule has 0 aliphatic carbocycles. The zero-order valence-corrected chi connectivity index (χ0v) is 18.4. The first-order valence-electron chi connectivity index (χ1n) is 10.7. The number of hydrogen-bond donors (Lipinski definition) is 2. The maximum atomic E-state index is 13.0. The van der Waals surface area contributed by atoms with E-state index in [1.165, 1.54) is 12.0 Å². The van der Waals surface area contributed by atoms with Gasteiger partial charge in [-0.3, -0.25) is 19.3 Å². The summed E-state index contributed by atoms with van der Waals surface area (Å²) in [5.41, 5.74) is 2.77. The number of fused-ring (bicyclic) bond motifs is 3. The predicted molar refractivity (Wildman–Crippen MR) is 132 cm³/mol. The van der Waals surface area contributed by atoms with Crippen molar-refractivity contribution in [2.45, 2.75) is 6.42 Å². The summed E-state index contributed by atoms with van der Waals surface area (Å²) in [7, 11) is 1.51. The molecular formula is C27H21N3O4. The fraction of sp³-hybridized carbons (Fsp3) is 0.0741. The van der Waals surface area contributed by atoms with Crippen molar-refractivity contribution in [2.24, 2.45) is 0 Å². The zero-order chi connectivity index (χ0) is 23.7. The van der Waals surface area contributed by atoms with E-state index in [2.05, 4.69) is 10.6 Å². The molecule has 0 bridgehead atoms. The number of para-hydroxylation sites is 1. The second-order valence-electron chi connectivity index (χ2n) is 7.84. The van der Waals surface area contributed by atoms with Crippen LogP contribution in [0.25, 0.3) is 10.8 Å². The molecule has 0 spiro atoms. The summed E-state index contributed by atoms with van der Waals surface area (Å²) in [6.45, 7) is 0. The Bertz CT molecular complexity index is 1430. The Morgan fingerprint density at radius 3 is 2.44 bits per heavy atom. The molecule has 34 heavy (non-hydrogen) atoms. The van der Waals surface area contributed by atoms with Gasteiger partial charge in [-0.15, -0.1) is 0 Å². The molecule has 2 N–H and O–H groups in total. The van der Waals surface area contributed by atoms with Gasteiger partial charge >= 0.3 is 0 Å². The van der Waals surface area contributed by atoms with Gasteiger partial charge in [-0.2, -0.15) is 0 Å². The minimum atomic E-state index is -0.356. The van der Waals surface area contributed by atoms with Gasteiger partial charge < -0.3 is 15.4 Å². The quantitative estimate of drug-likeness (QED) is 0.422. The summed E-state index contributed by atoms with van der Waals surface area (Å²) in [5.74, 6) is -0.515. The van der Waals surface area contributed by atoms with E-state index in [4.69, 9.17) is 4.74 Å². The molecule has 0 aromatic heterocycles. The molecule has 7 nitrogen and oxygen atoms in total. The van der Waals surface area contributed by atoms with Crippen molar-refractivity contribution in [1.82, 2.24) is 0 Å². The van der Waals surface area contributed by atoms with Crippen LogP contribution >= 0.6 is 0 Å². The highest BCUT2D eigenvalue weighted by Gasteiger charge is 2.28. The Balaban J connectivity index is 1.48. The smallest absolute Gasteiger partial charge is 0.259 e. The summed E-state index contributed by atoms with van der Waals surface area (Å²) in [4.78, 5) is 39.7. The minimum Gasteiger partial charge on any atom is -0.496 e. The van der Waals surface area contributed by atoms with Gasteiger partial charge in [0.15, 0.2) is 0 Å². The van der Waals surface area contributed by atoms with Gasteiger partial charge in [-0.25, -0.2) is 0 Å². The molecule has 0 saturated carbocycles. The van der Waals surface area contributed by atoms with Crippen LogP contribution in [0.2, 0.25) is 0 Å². The van der Waals surface area contributed by atoms with Crippen molar-refractivity contribution >= 4 is 51.2 Å². The fourth-order valence-electron chi connectivity index (χ4n) is 4.12. The van der Waals surface area contributed by atoms with E-state index in [0.29, 0.717) is 34.1 Å². The van der Waals surface area contributed by atoms with Crippen molar-refractivity contribution < 1.29 is 19.1 Å². The molecule has 1 aliphatic heterocycles. The largest absolute Gasteiger partial charge is 0.496 e. The van der Waals surface area contributed by atoms with Crippen molar-refractivity contribution in [3.63, 3.8) is 0 Å². The number of carbonyl (C=O) groups excluding carboxylic acids is 3. The Morgan fingerprint density at radius 1 is 0.912 bits per heavy atom. The third-order valence-electron chi connectivity index (χ3n) is 5.71. The Labute approximate surface area is 196 Å². The lowest BCUT2D eigenvalue weighted by Crippen LogP contribution is -2.26. The van der Waals surface area contributed by atoms with Crippen LogP contribution in [0.15, 0.2) is 84.9 Å². The number of benzene rings is 4. The highest BCUT2D eigenvalue weighted by molar-refractivity contribution is 6.21. The third-order valence-corrected chi connectivity index (χ3v) is 5.71. The maximum absolute atomic E-state index is 13.0. The second-order valence-corrected chi connectivity index (χ2v) is 7.84. The molecule has 0 saturated heterocycles. The van der Waals surface area contributed by atoms with E-state index in [1.807, 2.05) is 36.4 Å². The van der Waals surface area contributed by atoms with Crippen molar-refractivity contribution in [3.8, 4) is 5.75 Å². The second kappa shape index (κ2) is 8.71. The van der Waals surface area contributed by atoms with Crippen LogP contribution in [-0.4, -0.2) is 24.8 Å². The Morgan fingerprint density at radius 2 is 1.65 bits per heavy atom. The number of nitrogens with zero attached hydrogens (tertiary/aromatic N) is 1. The number of amides is 3. The number of rotatable bonds is 4. The number of methoxy groups -OCH3 is 1. The van der Waals surface area contributed by atoms with E-state index < -0.39 is 0 Å². The predicted octanol–water partition coefficient (Wildman–Crippen LogP) is 5.11. The van der Waals surface area contributed by atoms with E-state index >= 15 is 0 Å². The molecule has 1 heterocycles. The molecule has 5 rings (SSSR count). The van der Waals surface area contributed by atoms with Gasteiger partial charge in [0, 0.05) is 16.8 Å². The zero-order valence-electron chi connectivity index (χ0n) is 18.4. The standard InChI is InChI=1S/C27H21N3O4/c1-34-23-9-5-4-8-21(23)27(33)28-18-11-13-19(14-12-18)30-22-15-10-17-6-2-3-7-20(17)26(22)29-24(31)16-25(30)32/h2-15H,16H2,1H3,(H,28,33)(H,29,31). The Hall–Kier alpha value is -4.65. The van der Waals surface area contributed by atoms with Crippen LogP contribution in [0.1, 0.15) is 16.8 Å². The summed E-state index contributed by atoms with van der Waals surface area (Å²) >= 11 is 0. The highest BCUT2D eigenvalue weighted by Crippen LogP contribution is 2.40. The van der Waals surface area contributed by atoms with E-state index in [1.54, 1.807) is 48.5 Å². The van der Waals surface area contributed by atoms with E-state index in [9.17, 15) is 14.4 Å². The van der Waals surface area contributed by atoms with Crippen LogP contribution in [0.5, 0.6) is 5.75 Å². The van der Waals surface area contributed by atoms with Crippen molar-refractivity contribution in [3.05, 3.63) is 90.5 Å². The summed E-state index contributed by atoms with van der Waals surface area (Å²) in [5, 5.41) is 7.56. The van der Waals surface area contributed by atoms with Crippen LogP contribution in [-0.2, 0) is 9.59 Å². The lowest BCUT2D eigenvalue weighted by Gasteiger charge is -2.23. The van der Waals surface area contributed by atoms with Gasteiger partial charge in [0.25, 0.3) is 5.91 Å². The minimum absolute atomic E-state index is 0.269. The van der Waals surface area contributed by atoms with Gasteiger partial charge in [0.05, 0.1) is 24.0 Å². The third kappa shape index (κ3) is 3.84. The Kier molecular flexibility index (Phi) is 5.43. The van der Waals surface area contributed by atoms with Gasteiger partial charge in [0.2, 0.25) is 11.8 Å². The molecular weight excluding hydrogens is 430 g/mol. The molecule has 0 atom stereocenters. The van der Waals surface area contributed by atoms with Gasteiger partial charge in [-0.05, 0) is 47.9 Å². The first kappa shape index (κ1) is 21.2. The fourth-order valence-corrected chi connectivity index (χ4v) is 4.12. The molecule has 168 valence electrons. The molecule has 0 unspecified atom stereocenters. The average Bonchev–Trinajstić information content (AvgIpc) is 2.99. The van der Waals surface area contributed by atoms with Crippen molar-refractivity contribution in [1.29, 1.82) is 0 Å². The average molecular weight is 451 g/mol. The van der Waals surface area contributed by atoms with Crippen LogP contribution in [0.3, 0.4) is 0 Å². The van der Waals surface area contributed by atoms with E-state index in [-0.39, 0.29) is 24.1 Å². The first-order valence-corrected chi connectivity index (χ1v) is 10.7. The number of nitrogens with one attached hydrogen (secondary N) is 2. The van der Waals surface area contributed by atoms with Crippen LogP contribution in [0.4, 0.5) is 22.7 Å². The summed E-state index contributed by atoms with van der Waals surface area (Å²) in [6.07, 6.45) is -0.269. The van der Waals surface area contributed by atoms with E-state index in [0.717, 1.165) is 10.8 Å².